The minimum Gasteiger partial charge on any atom is -0.383 e. The molecule has 1 aliphatic heterocycles. The maximum Gasteiger partial charge on any atom is 0.243 e. The molecule has 2 saturated carbocycles. The Morgan fingerprint density at radius 1 is 1.05 bits per heavy atom. The van der Waals surface area contributed by atoms with Crippen molar-refractivity contribution in [2.24, 2.45) is 5.89 Å². The van der Waals surface area contributed by atoms with Gasteiger partial charge in [-0.2, -0.15) is 0 Å². The van der Waals surface area contributed by atoms with Crippen LogP contribution in [0.5, 0.6) is 0 Å². The number of anilines is 1. The smallest absolute Gasteiger partial charge is 0.243 e. The summed E-state index contributed by atoms with van der Waals surface area (Å²) in [6.45, 7) is 1.00. The second kappa shape index (κ2) is 12.9. The number of amides is 2. The highest BCUT2D eigenvalue weighted by Gasteiger charge is 2.38. The van der Waals surface area contributed by atoms with Crippen molar-refractivity contribution in [2.45, 2.75) is 102 Å². The number of nitrogens with two attached hydrogens (primary N) is 1. The quantitative estimate of drug-likeness (QED) is 0.460. The van der Waals surface area contributed by atoms with E-state index in [4.69, 9.17) is 7.10 Å². The molecule has 3 aliphatic rings. The number of halogens is 1. The molecule has 1 saturated heterocycles. The summed E-state index contributed by atoms with van der Waals surface area (Å²) in [7, 11) is 0. The van der Waals surface area contributed by atoms with Gasteiger partial charge >= 0.3 is 0 Å². The van der Waals surface area contributed by atoms with Crippen molar-refractivity contribution in [3.63, 3.8) is 0 Å². The number of hydrogen-bond donors (Lipinski definition) is 3. The molecule has 37 heavy (non-hydrogen) atoms. The predicted octanol–water partition coefficient (Wildman–Crippen LogP) is 4.72. The fraction of sp³-hybridized carbons (Fsp3) is 0.621. The summed E-state index contributed by atoms with van der Waals surface area (Å²) in [4.78, 5) is 33.1. The molecule has 2 aliphatic carbocycles. The van der Waals surface area contributed by atoms with Crippen LogP contribution < -0.4 is 16.4 Å². The number of benzene rings is 1. The minimum atomic E-state index is -0.545. The number of hydrogen-bond acceptors (Lipinski definition) is 5. The van der Waals surface area contributed by atoms with Crippen LogP contribution in [0.3, 0.4) is 0 Å². The fourth-order valence-corrected chi connectivity index (χ4v) is 6.31. The number of likely N-dealkylation sites (tertiary alicyclic amines) is 1. The van der Waals surface area contributed by atoms with Crippen LogP contribution in [0.1, 0.15) is 84.0 Å². The SMILES string of the molecule is Cl.[2H]C1(C[C@H](NC2CCCC2)C(=O)N2CCC[C@H]2C(=O)NCc2ccc3c(N)nccc3c2)CCCCC1. The number of carbonyl (C=O) groups is 2. The van der Waals surface area contributed by atoms with E-state index in [1.165, 1.54) is 19.3 Å². The lowest BCUT2D eigenvalue weighted by atomic mass is 9.84. The van der Waals surface area contributed by atoms with Gasteiger partial charge in [-0.15, -0.1) is 12.4 Å². The second-order valence-electron chi connectivity index (χ2n) is 10.9. The highest BCUT2D eigenvalue weighted by Crippen LogP contribution is 2.30. The van der Waals surface area contributed by atoms with Crippen LogP contribution in [0.25, 0.3) is 10.8 Å². The van der Waals surface area contributed by atoms with E-state index in [1.54, 1.807) is 11.1 Å². The number of carbonyl (C=O) groups excluding carboxylic acids is 2. The number of aromatic nitrogens is 1. The third-order valence-corrected chi connectivity index (χ3v) is 8.31. The summed E-state index contributed by atoms with van der Waals surface area (Å²) in [5.74, 6) is -0.137. The zero-order valence-corrected chi connectivity index (χ0v) is 22.5. The Morgan fingerprint density at radius 2 is 1.81 bits per heavy atom. The molecule has 4 N–H and O–H groups in total. The highest BCUT2D eigenvalue weighted by molar-refractivity contribution is 5.92. The standard InChI is InChI=1S/C29H41N5O2.ClH/c30-27-24-13-12-21(17-22(24)14-15-31-27)19-32-28(35)26-11-6-16-34(26)29(36)25(33-23-9-4-5-10-23)18-20-7-2-1-3-8-20;/h12-15,17,20,23,25-26,33H,1-11,16,18-19H2,(H2,30,31)(H,32,35);1H/t25-,26-;/m0./s1/i20D;. The summed E-state index contributed by atoms with van der Waals surface area (Å²) in [6, 6.07) is 7.33. The number of nitrogen functional groups attached to an aromatic ring is 1. The second-order valence-corrected chi connectivity index (χ2v) is 10.9. The van der Waals surface area contributed by atoms with Gasteiger partial charge in [0, 0.05) is 32.1 Å². The van der Waals surface area contributed by atoms with Crippen LogP contribution in [0.4, 0.5) is 5.82 Å². The number of fused-ring (bicyclic) bond motifs is 1. The molecule has 1 aromatic carbocycles. The first kappa shape index (κ1) is 26.2. The fourth-order valence-electron chi connectivity index (χ4n) is 6.31. The van der Waals surface area contributed by atoms with E-state index in [2.05, 4.69) is 15.6 Å². The largest absolute Gasteiger partial charge is 0.383 e. The van der Waals surface area contributed by atoms with E-state index >= 15 is 0 Å². The molecule has 0 unspecified atom stereocenters. The topological polar surface area (TPSA) is 100 Å². The Labute approximate surface area is 228 Å². The van der Waals surface area contributed by atoms with Crippen LogP contribution in [-0.4, -0.2) is 46.4 Å². The summed E-state index contributed by atoms with van der Waals surface area (Å²) in [5, 5.41) is 8.60. The van der Waals surface area contributed by atoms with E-state index in [9.17, 15) is 9.59 Å². The van der Waals surface area contributed by atoms with Gasteiger partial charge in [0.1, 0.15) is 11.9 Å². The van der Waals surface area contributed by atoms with Crippen molar-refractivity contribution >= 4 is 40.8 Å². The van der Waals surface area contributed by atoms with E-state index < -0.39 is 11.9 Å². The number of nitrogens with one attached hydrogen (secondary N) is 2. The average molecular weight is 529 g/mol. The Morgan fingerprint density at radius 3 is 2.59 bits per heavy atom. The molecule has 2 atom stereocenters. The molecule has 8 heteroatoms. The predicted molar refractivity (Wildman–Crippen MR) is 150 cm³/mol. The van der Waals surface area contributed by atoms with Gasteiger partial charge < -0.3 is 21.3 Å². The summed E-state index contributed by atoms with van der Waals surface area (Å²) < 4.78 is 9.05. The van der Waals surface area contributed by atoms with E-state index in [-0.39, 0.29) is 30.3 Å². The van der Waals surface area contributed by atoms with E-state index in [0.29, 0.717) is 37.8 Å². The number of pyridine rings is 1. The van der Waals surface area contributed by atoms with Gasteiger partial charge in [0.25, 0.3) is 0 Å². The Hall–Kier alpha value is -2.38. The Bertz CT molecular complexity index is 1120. The van der Waals surface area contributed by atoms with Gasteiger partial charge in [0.2, 0.25) is 11.8 Å². The Kier molecular flexibility index (Phi) is 9.16. The van der Waals surface area contributed by atoms with Crippen molar-refractivity contribution in [3.8, 4) is 0 Å². The molecular weight excluding hydrogens is 486 g/mol. The maximum absolute atomic E-state index is 13.9. The lowest BCUT2D eigenvalue weighted by Gasteiger charge is -2.33. The van der Waals surface area contributed by atoms with Gasteiger partial charge in [-0.05, 0) is 61.1 Å². The summed E-state index contributed by atoms with van der Waals surface area (Å²) in [5.41, 5.74) is 6.95. The van der Waals surface area contributed by atoms with Crippen molar-refractivity contribution < 1.29 is 11.0 Å². The first-order chi connectivity index (χ1) is 17.9. The van der Waals surface area contributed by atoms with Gasteiger partial charge in [0.15, 0.2) is 0 Å². The molecule has 0 spiro atoms. The highest BCUT2D eigenvalue weighted by atomic mass is 35.5. The van der Waals surface area contributed by atoms with Gasteiger partial charge in [-0.25, -0.2) is 4.98 Å². The maximum atomic E-state index is 13.9. The molecular formula is C29H42ClN5O2. The van der Waals surface area contributed by atoms with Crippen molar-refractivity contribution in [1.29, 1.82) is 0 Å². The van der Waals surface area contributed by atoms with E-state index in [0.717, 1.165) is 61.3 Å². The van der Waals surface area contributed by atoms with Crippen molar-refractivity contribution in [1.82, 2.24) is 20.5 Å². The molecule has 2 heterocycles. The molecule has 2 aromatic rings. The first-order valence-electron chi connectivity index (χ1n) is 14.4. The third-order valence-electron chi connectivity index (χ3n) is 8.31. The molecule has 1 aromatic heterocycles. The lowest BCUT2D eigenvalue weighted by Crippen LogP contribution is -2.54. The molecule has 0 radical (unpaired) electrons. The molecule has 2 amide bonds. The van der Waals surface area contributed by atoms with Gasteiger partial charge in [0.05, 0.1) is 6.04 Å². The van der Waals surface area contributed by atoms with Crippen molar-refractivity contribution in [3.05, 3.63) is 36.0 Å². The lowest BCUT2D eigenvalue weighted by molar-refractivity contribution is -0.140. The summed E-state index contributed by atoms with van der Waals surface area (Å²) in [6.07, 6.45) is 13.3. The van der Waals surface area contributed by atoms with Gasteiger partial charge in [-0.1, -0.05) is 57.1 Å². The normalized spacial score (nSPS) is 22.9. The molecule has 202 valence electrons. The molecule has 3 fully saturated rings. The Balaban J connectivity index is 0.00000336. The van der Waals surface area contributed by atoms with Crippen LogP contribution in [-0.2, 0) is 16.1 Å². The zero-order chi connectivity index (χ0) is 25.8. The number of rotatable bonds is 8. The average Bonchev–Trinajstić information content (AvgIpc) is 3.59. The molecule has 5 rings (SSSR count). The first-order valence-corrected chi connectivity index (χ1v) is 13.9. The van der Waals surface area contributed by atoms with Crippen LogP contribution in [0.2, 0.25) is 0 Å². The third kappa shape index (κ3) is 6.74. The van der Waals surface area contributed by atoms with Crippen LogP contribution >= 0.6 is 12.4 Å². The van der Waals surface area contributed by atoms with Gasteiger partial charge in [-0.3, -0.25) is 9.59 Å². The molecule has 0 bridgehead atoms. The minimum absolute atomic E-state index is 0. The van der Waals surface area contributed by atoms with E-state index in [1.807, 2.05) is 24.3 Å². The monoisotopic (exact) mass is 528 g/mol. The summed E-state index contributed by atoms with van der Waals surface area (Å²) >= 11 is 0. The van der Waals surface area contributed by atoms with Crippen LogP contribution in [0.15, 0.2) is 30.5 Å². The van der Waals surface area contributed by atoms with Crippen molar-refractivity contribution in [2.75, 3.05) is 12.3 Å². The zero-order valence-electron chi connectivity index (χ0n) is 22.7. The van der Waals surface area contributed by atoms with Crippen LogP contribution in [0, 0.1) is 5.89 Å². The molecule has 7 nitrogen and oxygen atoms in total. The number of nitrogens with zero attached hydrogens (tertiary/aromatic N) is 2.